The average Bonchev–Trinajstić information content (AvgIpc) is 3.50. The van der Waals surface area contributed by atoms with Crippen LogP contribution in [0.15, 0.2) is 12.2 Å². The highest BCUT2D eigenvalue weighted by Crippen LogP contribution is 2.34. The van der Waals surface area contributed by atoms with Gasteiger partial charge < -0.3 is 20.4 Å². The summed E-state index contributed by atoms with van der Waals surface area (Å²) >= 11 is 0. The van der Waals surface area contributed by atoms with Crippen molar-refractivity contribution in [3.05, 3.63) is 12.2 Å². The quantitative estimate of drug-likeness (QED) is 0.438. The van der Waals surface area contributed by atoms with Crippen LogP contribution in [-0.4, -0.2) is 65.3 Å². The van der Waals surface area contributed by atoms with E-state index in [-0.39, 0.29) is 5.91 Å². The van der Waals surface area contributed by atoms with E-state index in [9.17, 15) is 27.9 Å². The molecular weight excluding hydrogens is 405 g/mol. The Balaban J connectivity index is 0.000000396. The molecule has 0 bridgehead atoms. The second-order valence-electron chi connectivity index (χ2n) is 8.33. The number of aliphatic carboxylic acids is 2. The number of nitrogens with one attached hydrogen (secondary N) is 1. The zero-order valence-electron chi connectivity index (χ0n) is 16.8. The van der Waals surface area contributed by atoms with Gasteiger partial charge in [0.1, 0.15) is 5.41 Å². The van der Waals surface area contributed by atoms with Gasteiger partial charge >= 0.3 is 18.1 Å². The van der Waals surface area contributed by atoms with Gasteiger partial charge in [-0.3, -0.25) is 9.59 Å². The minimum Gasteiger partial charge on any atom is -0.480 e. The maximum atomic E-state index is 12.5. The third-order valence-electron chi connectivity index (χ3n) is 5.83. The smallest absolute Gasteiger partial charge is 0.480 e. The molecule has 170 valence electrons. The molecule has 2 atom stereocenters. The summed E-state index contributed by atoms with van der Waals surface area (Å²) in [5, 5.41) is 19.6. The second-order valence-corrected chi connectivity index (χ2v) is 8.33. The molecule has 3 rings (SSSR count). The number of carboxylic acids is 2. The molecular formula is C20H29F3N2O5. The number of amides is 1. The molecule has 1 saturated heterocycles. The molecule has 7 nitrogen and oxygen atoms in total. The predicted molar refractivity (Wildman–Crippen MR) is 102 cm³/mol. The van der Waals surface area contributed by atoms with Gasteiger partial charge in [-0.1, -0.05) is 12.2 Å². The van der Waals surface area contributed by atoms with Crippen molar-refractivity contribution in [2.45, 2.75) is 51.1 Å². The fourth-order valence-electron chi connectivity index (χ4n) is 3.89. The maximum Gasteiger partial charge on any atom is 0.490 e. The van der Waals surface area contributed by atoms with E-state index in [1.807, 2.05) is 12.2 Å². The monoisotopic (exact) mass is 434 g/mol. The van der Waals surface area contributed by atoms with Gasteiger partial charge in [-0.2, -0.15) is 13.2 Å². The predicted octanol–water partition coefficient (Wildman–Crippen LogP) is 2.67. The number of carbonyl (C=O) groups excluding carboxylic acids is 1. The fourth-order valence-corrected chi connectivity index (χ4v) is 3.89. The lowest BCUT2D eigenvalue weighted by molar-refractivity contribution is -0.192. The lowest BCUT2D eigenvalue weighted by Crippen LogP contribution is -2.49. The number of carbonyl (C=O) groups is 3. The van der Waals surface area contributed by atoms with Crippen molar-refractivity contribution in [3.8, 4) is 0 Å². The summed E-state index contributed by atoms with van der Waals surface area (Å²) in [5.41, 5.74) is -1.25. The zero-order chi connectivity index (χ0) is 22.4. The number of hydrogen-bond donors (Lipinski definition) is 3. The fraction of sp³-hybridized carbons (Fsp3) is 0.750. The van der Waals surface area contributed by atoms with Gasteiger partial charge in [-0.05, 0) is 63.3 Å². The number of likely N-dealkylation sites (tertiary alicyclic amines) is 1. The molecule has 0 radical (unpaired) electrons. The number of rotatable bonds is 6. The maximum absolute atomic E-state index is 12.5. The molecule has 1 amide bonds. The van der Waals surface area contributed by atoms with Crippen molar-refractivity contribution in [1.82, 2.24) is 10.2 Å². The molecule has 0 spiro atoms. The van der Waals surface area contributed by atoms with Crippen LogP contribution in [0.2, 0.25) is 0 Å². The summed E-state index contributed by atoms with van der Waals surface area (Å²) < 4.78 is 31.7. The SMILES string of the molecule is O=C(O)C(F)(F)F.O=C(O)C1(C(=O)NCC2CCCN(CC3CC3)C2)CC=CCC1. The standard InChI is InChI=1S/C18H28N2O3.C2HF3O2/c21-16(18(17(22)23)8-2-1-3-9-18)19-11-15-5-4-10-20(13-15)12-14-6-7-14;3-2(4,5)1(6)7/h1-2,14-15H,3-13H2,(H,19,21)(H,22,23);(H,6,7). The van der Waals surface area contributed by atoms with Gasteiger partial charge in [-0.15, -0.1) is 0 Å². The van der Waals surface area contributed by atoms with Crippen molar-refractivity contribution in [2.75, 3.05) is 26.2 Å². The molecule has 30 heavy (non-hydrogen) atoms. The van der Waals surface area contributed by atoms with Crippen molar-refractivity contribution >= 4 is 17.8 Å². The van der Waals surface area contributed by atoms with Crippen LogP contribution >= 0.6 is 0 Å². The molecule has 2 unspecified atom stereocenters. The van der Waals surface area contributed by atoms with Crippen molar-refractivity contribution in [1.29, 1.82) is 0 Å². The van der Waals surface area contributed by atoms with Crippen molar-refractivity contribution in [3.63, 3.8) is 0 Å². The number of hydrogen-bond acceptors (Lipinski definition) is 4. The highest BCUT2D eigenvalue weighted by Gasteiger charge is 2.45. The van der Waals surface area contributed by atoms with E-state index in [1.54, 1.807) is 0 Å². The molecule has 1 heterocycles. The number of alkyl halides is 3. The van der Waals surface area contributed by atoms with E-state index in [1.165, 1.54) is 32.4 Å². The minimum atomic E-state index is -5.08. The molecule has 0 aromatic carbocycles. The number of carboxylic acid groups (broad SMARTS) is 2. The van der Waals surface area contributed by atoms with E-state index in [0.29, 0.717) is 31.7 Å². The topological polar surface area (TPSA) is 107 Å². The molecule has 3 aliphatic rings. The van der Waals surface area contributed by atoms with Crippen LogP contribution in [0.1, 0.15) is 44.9 Å². The Hall–Kier alpha value is -2.10. The first-order valence-electron chi connectivity index (χ1n) is 10.2. The number of nitrogens with zero attached hydrogens (tertiary/aromatic N) is 1. The summed E-state index contributed by atoms with van der Waals surface area (Å²) in [6.45, 7) is 4.02. The third-order valence-corrected chi connectivity index (χ3v) is 5.83. The molecule has 10 heteroatoms. The lowest BCUT2D eigenvalue weighted by atomic mass is 9.76. The zero-order valence-corrected chi connectivity index (χ0v) is 16.8. The summed E-state index contributed by atoms with van der Waals surface area (Å²) in [6.07, 6.45) is 5.13. The molecule has 2 aliphatic carbocycles. The highest BCUT2D eigenvalue weighted by atomic mass is 19.4. The first-order valence-corrected chi connectivity index (χ1v) is 10.2. The minimum absolute atomic E-state index is 0.298. The molecule has 1 aliphatic heterocycles. The van der Waals surface area contributed by atoms with Crippen LogP contribution < -0.4 is 5.32 Å². The Kier molecular flexibility index (Phi) is 8.28. The molecule has 0 aromatic rings. The van der Waals surface area contributed by atoms with Gasteiger partial charge in [0.15, 0.2) is 0 Å². The van der Waals surface area contributed by atoms with Crippen LogP contribution in [-0.2, 0) is 14.4 Å². The lowest BCUT2D eigenvalue weighted by Gasteiger charge is -2.34. The van der Waals surface area contributed by atoms with E-state index in [4.69, 9.17) is 9.90 Å². The number of piperidine rings is 1. The Bertz CT molecular complexity index is 663. The van der Waals surface area contributed by atoms with Crippen LogP contribution in [0, 0.1) is 17.3 Å². The summed E-state index contributed by atoms with van der Waals surface area (Å²) in [5.74, 6) is -2.69. The van der Waals surface area contributed by atoms with Gasteiger partial charge in [0.25, 0.3) is 0 Å². The van der Waals surface area contributed by atoms with Crippen LogP contribution in [0.5, 0.6) is 0 Å². The molecule has 1 saturated carbocycles. The van der Waals surface area contributed by atoms with Gasteiger partial charge in [0.05, 0.1) is 0 Å². The summed E-state index contributed by atoms with van der Waals surface area (Å²) in [7, 11) is 0. The van der Waals surface area contributed by atoms with Crippen LogP contribution in [0.4, 0.5) is 13.2 Å². The highest BCUT2D eigenvalue weighted by molar-refractivity contribution is 6.02. The van der Waals surface area contributed by atoms with E-state index >= 15 is 0 Å². The molecule has 3 N–H and O–H groups in total. The first-order chi connectivity index (χ1) is 14.0. The Morgan fingerprint density at radius 2 is 1.77 bits per heavy atom. The normalized spacial score (nSPS) is 27.0. The van der Waals surface area contributed by atoms with Crippen molar-refractivity contribution in [2.24, 2.45) is 17.3 Å². The van der Waals surface area contributed by atoms with E-state index in [0.717, 1.165) is 18.9 Å². The Labute approximate surface area is 173 Å². The Morgan fingerprint density at radius 3 is 2.27 bits per heavy atom. The number of allylic oxidation sites excluding steroid dienone is 2. The number of halogens is 3. The van der Waals surface area contributed by atoms with E-state index < -0.39 is 23.5 Å². The first kappa shape index (κ1) is 24.2. The van der Waals surface area contributed by atoms with Gasteiger partial charge in [0.2, 0.25) is 5.91 Å². The summed E-state index contributed by atoms with van der Waals surface area (Å²) in [6, 6.07) is 0. The molecule has 0 aromatic heterocycles. The van der Waals surface area contributed by atoms with Crippen LogP contribution in [0.25, 0.3) is 0 Å². The van der Waals surface area contributed by atoms with Crippen LogP contribution in [0.3, 0.4) is 0 Å². The van der Waals surface area contributed by atoms with Gasteiger partial charge in [0, 0.05) is 19.6 Å². The molecule has 2 fully saturated rings. The second kappa shape index (κ2) is 10.3. The van der Waals surface area contributed by atoms with Crippen molar-refractivity contribution < 1.29 is 37.8 Å². The van der Waals surface area contributed by atoms with Gasteiger partial charge in [-0.25, -0.2) is 4.79 Å². The average molecular weight is 434 g/mol. The largest absolute Gasteiger partial charge is 0.490 e. The Morgan fingerprint density at radius 1 is 1.10 bits per heavy atom. The summed E-state index contributed by atoms with van der Waals surface area (Å²) in [4.78, 5) is 35.6. The van der Waals surface area contributed by atoms with E-state index in [2.05, 4.69) is 10.2 Å². The third kappa shape index (κ3) is 7.00.